The molecule has 0 unspecified atom stereocenters. The van der Waals surface area contributed by atoms with Gasteiger partial charge in [-0.15, -0.1) is 0 Å². The average Bonchev–Trinajstić information content (AvgIpc) is 3.10. The molecule has 0 radical (unpaired) electrons. The van der Waals surface area contributed by atoms with Crippen LogP contribution >= 0.6 is 0 Å². The molecule has 3 heterocycles. The fourth-order valence-electron chi connectivity index (χ4n) is 3.46. The quantitative estimate of drug-likeness (QED) is 0.880. The van der Waals surface area contributed by atoms with Crippen molar-refractivity contribution in [2.75, 3.05) is 32.7 Å². The lowest BCUT2D eigenvalue weighted by molar-refractivity contribution is 0.194. The van der Waals surface area contributed by atoms with Gasteiger partial charge in [0.05, 0.1) is 6.04 Å². The minimum atomic E-state index is 0.476. The van der Waals surface area contributed by atoms with E-state index in [1.807, 2.05) is 0 Å². The third-order valence-corrected chi connectivity index (χ3v) is 4.48. The molecular formula is C14H25N5. The highest BCUT2D eigenvalue weighted by Gasteiger charge is 2.27. The molecule has 1 aromatic heterocycles. The molecule has 0 saturated carbocycles. The van der Waals surface area contributed by atoms with Crippen molar-refractivity contribution in [2.24, 2.45) is 0 Å². The van der Waals surface area contributed by atoms with E-state index in [-0.39, 0.29) is 0 Å². The summed E-state index contributed by atoms with van der Waals surface area (Å²) in [6, 6.07) is 0.476. The predicted molar refractivity (Wildman–Crippen MR) is 74.8 cm³/mol. The van der Waals surface area contributed by atoms with E-state index in [0.717, 1.165) is 5.82 Å². The van der Waals surface area contributed by atoms with Crippen molar-refractivity contribution >= 4 is 0 Å². The van der Waals surface area contributed by atoms with Crippen LogP contribution in [0.4, 0.5) is 0 Å². The number of hydrogen-bond donors (Lipinski definition) is 1. The topological polar surface area (TPSA) is 48.1 Å². The second-order valence-corrected chi connectivity index (χ2v) is 5.82. The Balaban J connectivity index is 1.44. The molecule has 0 spiro atoms. The van der Waals surface area contributed by atoms with E-state index in [1.165, 1.54) is 71.2 Å². The first-order valence-electron chi connectivity index (χ1n) is 7.75. The summed E-state index contributed by atoms with van der Waals surface area (Å²) in [6.45, 7) is 6.30. The number of aromatic amines is 1. The number of likely N-dealkylation sites (tertiary alicyclic amines) is 2. The highest BCUT2D eigenvalue weighted by Crippen LogP contribution is 2.29. The van der Waals surface area contributed by atoms with E-state index in [2.05, 4.69) is 25.0 Å². The number of aromatic nitrogens is 3. The highest BCUT2D eigenvalue weighted by molar-refractivity contribution is 4.95. The third-order valence-electron chi connectivity index (χ3n) is 4.48. The van der Waals surface area contributed by atoms with Crippen LogP contribution in [0.5, 0.6) is 0 Å². The zero-order valence-electron chi connectivity index (χ0n) is 11.7. The number of nitrogens with zero attached hydrogens (tertiary/aromatic N) is 4. The Morgan fingerprint density at radius 3 is 2.79 bits per heavy atom. The summed E-state index contributed by atoms with van der Waals surface area (Å²) in [5.74, 6) is 1.05. The van der Waals surface area contributed by atoms with Crippen molar-refractivity contribution in [3.8, 4) is 0 Å². The third kappa shape index (κ3) is 3.34. The maximum atomic E-state index is 4.33. The van der Waals surface area contributed by atoms with Crippen LogP contribution in [-0.4, -0.2) is 57.7 Å². The molecular weight excluding hydrogens is 238 g/mol. The number of H-pyrrole nitrogens is 1. The molecule has 2 aliphatic heterocycles. The fraction of sp³-hybridized carbons (Fsp3) is 0.857. The Hall–Kier alpha value is -0.940. The zero-order chi connectivity index (χ0) is 12.9. The standard InChI is InChI=1S/C14H25N5/c1-2-7-18(8-3-1)9-5-11-19-10-4-6-13(19)14-15-12-16-17-14/h12-13H,1-11H2,(H,15,16,17)/t13-/m0/s1. The summed E-state index contributed by atoms with van der Waals surface area (Å²) in [4.78, 5) is 9.53. The van der Waals surface area contributed by atoms with Crippen molar-refractivity contribution in [2.45, 2.75) is 44.6 Å². The van der Waals surface area contributed by atoms with Gasteiger partial charge in [0, 0.05) is 6.54 Å². The minimum Gasteiger partial charge on any atom is -0.303 e. The summed E-state index contributed by atoms with van der Waals surface area (Å²) in [7, 11) is 0. The van der Waals surface area contributed by atoms with Gasteiger partial charge in [-0.1, -0.05) is 6.42 Å². The van der Waals surface area contributed by atoms with Crippen molar-refractivity contribution in [3.63, 3.8) is 0 Å². The molecule has 1 N–H and O–H groups in total. The van der Waals surface area contributed by atoms with Crippen LogP contribution in [0, 0.1) is 0 Å². The molecule has 0 aliphatic carbocycles. The number of rotatable bonds is 5. The molecule has 19 heavy (non-hydrogen) atoms. The highest BCUT2D eigenvalue weighted by atomic mass is 15.3. The summed E-state index contributed by atoms with van der Waals surface area (Å²) in [5.41, 5.74) is 0. The Morgan fingerprint density at radius 2 is 2.00 bits per heavy atom. The van der Waals surface area contributed by atoms with E-state index in [4.69, 9.17) is 0 Å². The molecule has 2 saturated heterocycles. The maximum absolute atomic E-state index is 4.33. The van der Waals surface area contributed by atoms with E-state index < -0.39 is 0 Å². The molecule has 1 aromatic rings. The lowest BCUT2D eigenvalue weighted by Gasteiger charge is -2.28. The molecule has 3 rings (SSSR count). The van der Waals surface area contributed by atoms with Gasteiger partial charge >= 0.3 is 0 Å². The smallest absolute Gasteiger partial charge is 0.141 e. The van der Waals surface area contributed by atoms with Gasteiger partial charge in [0.15, 0.2) is 0 Å². The lowest BCUT2D eigenvalue weighted by atomic mass is 10.1. The average molecular weight is 263 g/mol. The van der Waals surface area contributed by atoms with Crippen molar-refractivity contribution in [1.82, 2.24) is 25.0 Å². The molecule has 0 bridgehead atoms. The number of nitrogens with one attached hydrogen (secondary N) is 1. The van der Waals surface area contributed by atoms with Crippen molar-refractivity contribution < 1.29 is 0 Å². The zero-order valence-corrected chi connectivity index (χ0v) is 11.7. The number of piperidine rings is 1. The summed E-state index contributed by atoms with van der Waals surface area (Å²) in [6.07, 6.45) is 9.63. The first-order valence-corrected chi connectivity index (χ1v) is 7.75. The van der Waals surface area contributed by atoms with Crippen LogP contribution in [-0.2, 0) is 0 Å². The molecule has 2 fully saturated rings. The molecule has 106 valence electrons. The maximum Gasteiger partial charge on any atom is 0.141 e. The van der Waals surface area contributed by atoms with Gasteiger partial charge in [-0.3, -0.25) is 10.00 Å². The first kappa shape index (κ1) is 13.1. The Morgan fingerprint density at radius 1 is 1.11 bits per heavy atom. The SMILES string of the molecule is c1n[nH]c([C@@H]2CCCN2CCCN2CCCCC2)n1. The molecule has 0 amide bonds. The van der Waals surface area contributed by atoms with E-state index in [1.54, 1.807) is 6.33 Å². The van der Waals surface area contributed by atoms with Crippen LogP contribution in [0.1, 0.15) is 50.4 Å². The molecule has 5 heteroatoms. The van der Waals surface area contributed by atoms with Gasteiger partial charge in [0.1, 0.15) is 12.2 Å². The monoisotopic (exact) mass is 263 g/mol. The summed E-state index contributed by atoms with van der Waals surface area (Å²) in [5, 5.41) is 7.02. The van der Waals surface area contributed by atoms with Gasteiger partial charge in [0.25, 0.3) is 0 Å². The van der Waals surface area contributed by atoms with E-state index in [9.17, 15) is 0 Å². The summed E-state index contributed by atoms with van der Waals surface area (Å²) >= 11 is 0. The van der Waals surface area contributed by atoms with Crippen LogP contribution in [0.25, 0.3) is 0 Å². The van der Waals surface area contributed by atoms with Crippen LogP contribution < -0.4 is 0 Å². The normalized spacial score (nSPS) is 26.0. The Kier molecular flexibility index (Phi) is 4.45. The predicted octanol–water partition coefficient (Wildman–Crippen LogP) is 1.82. The second kappa shape index (κ2) is 6.48. The Bertz CT molecular complexity index is 358. The minimum absolute atomic E-state index is 0.476. The van der Waals surface area contributed by atoms with Crippen molar-refractivity contribution in [3.05, 3.63) is 12.2 Å². The van der Waals surface area contributed by atoms with Crippen LogP contribution in [0.2, 0.25) is 0 Å². The van der Waals surface area contributed by atoms with Crippen LogP contribution in [0.3, 0.4) is 0 Å². The largest absolute Gasteiger partial charge is 0.303 e. The van der Waals surface area contributed by atoms with Gasteiger partial charge in [-0.2, -0.15) is 5.10 Å². The van der Waals surface area contributed by atoms with Crippen LogP contribution in [0.15, 0.2) is 6.33 Å². The van der Waals surface area contributed by atoms with Gasteiger partial charge < -0.3 is 4.90 Å². The second-order valence-electron chi connectivity index (χ2n) is 5.82. The fourth-order valence-corrected chi connectivity index (χ4v) is 3.46. The van der Waals surface area contributed by atoms with E-state index in [0.29, 0.717) is 6.04 Å². The number of hydrogen-bond acceptors (Lipinski definition) is 4. The van der Waals surface area contributed by atoms with Gasteiger partial charge in [-0.25, -0.2) is 4.98 Å². The molecule has 1 atom stereocenters. The molecule has 5 nitrogen and oxygen atoms in total. The molecule has 0 aromatic carbocycles. The molecule has 2 aliphatic rings. The van der Waals surface area contributed by atoms with Gasteiger partial charge in [0.2, 0.25) is 0 Å². The lowest BCUT2D eigenvalue weighted by Crippen LogP contribution is -2.33. The van der Waals surface area contributed by atoms with E-state index >= 15 is 0 Å². The van der Waals surface area contributed by atoms with Crippen molar-refractivity contribution in [1.29, 1.82) is 0 Å². The first-order chi connectivity index (χ1) is 9.43. The summed E-state index contributed by atoms with van der Waals surface area (Å²) < 4.78 is 0. The Labute approximate surface area is 115 Å². The van der Waals surface area contributed by atoms with Gasteiger partial charge in [-0.05, 0) is 58.3 Å².